The molecule has 3 aromatic rings. The fourth-order valence-corrected chi connectivity index (χ4v) is 3.15. The third-order valence-corrected chi connectivity index (χ3v) is 4.82. The molecular weight excluding hydrogens is 426 g/mol. The molecule has 8 nitrogen and oxygen atoms in total. The van der Waals surface area contributed by atoms with Crippen LogP contribution in [0.25, 0.3) is 11.4 Å². The molecule has 0 saturated carbocycles. The number of ether oxygens (including phenoxy) is 1. The highest BCUT2D eigenvalue weighted by Gasteiger charge is 2.15. The van der Waals surface area contributed by atoms with Crippen molar-refractivity contribution in [3.05, 3.63) is 65.6 Å². The Morgan fingerprint density at radius 1 is 1.24 bits per heavy atom. The van der Waals surface area contributed by atoms with Crippen LogP contribution in [-0.2, 0) is 13.5 Å². The van der Waals surface area contributed by atoms with Crippen LogP contribution in [0, 0.1) is 17.3 Å². The number of allylic oxidation sites excluding steroid dienone is 2. The predicted octanol–water partition coefficient (Wildman–Crippen LogP) is 3.95. The summed E-state index contributed by atoms with van der Waals surface area (Å²) in [5.41, 5.74) is 9.42. The molecule has 0 atom stereocenters. The molecule has 8 heteroatoms. The molecule has 0 bridgehead atoms. The molecule has 0 aliphatic carbocycles. The van der Waals surface area contributed by atoms with E-state index in [0.29, 0.717) is 53.8 Å². The van der Waals surface area contributed by atoms with E-state index in [1.807, 2.05) is 44.2 Å². The van der Waals surface area contributed by atoms with Crippen LogP contribution in [-0.4, -0.2) is 44.8 Å². The Balaban J connectivity index is 1.96. The SMILES string of the molecule is C/C=C\C(=N/CC#CCC)c1cc(Oc2cc(C=N)ccc2-c2ncc(CCN)cn2)n(C)n1. The standard InChI is InChI=1S/C26H29N7O/c1-4-6-7-13-29-22(8-5-2)23-15-25(33(3)32-23)34-24-14-19(16-28)9-10-21(24)26-30-17-20(11-12-27)18-31-26/h5,8-10,14-18,28H,4,11-13,27H2,1-3H3/b8-5-,28-16?,29-22+. The van der Waals surface area contributed by atoms with E-state index in [0.717, 1.165) is 17.7 Å². The summed E-state index contributed by atoms with van der Waals surface area (Å²) in [7, 11) is 1.81. The summed E-state index contributed by atoms with van der Waals surface area (Å²) < 4.78 is 7.91. The van der Waals surface area contributed by atoms with Crippen molar-refractivity contribution in [2.75, 3.05) is 13.1 Å². The molecule has 0 fully saturated rings. The summed E-state index contributed by atoms with van der Waals surface area (Å²) in [6.07, 6.45) is 10.1. The molecule has 0 saturated heterocycles. The number of nitrogens with two attached hydrogens (primary N) is 1. The molecule has 0 aliphatic heterocycles. The summed E-state index contributed by atoms with van der Waals surface area (Å²) in [6, 6.07) is 7.30. The number of aryl methyl sites for hydroxylation is 1. The lowest BCUT2D eigenvalue weighted by Crippen LogP contribution is -2.04. The molecule has 0 spiro atoms. The van der Waals surface area contributed by atoms with E-state index in [4.69, 9.17) is 15.9 Å². The van der Waals surface area contributed by atoms with E-state index in [-0.39, 0.29) is 0 Å². The Kier molecular flexibility index (Phi) is 8.83. The molecule has 34 heavy (non-hydrogen) atoms. The number of nitrogens with zero attached hydrogens (tertiary/aromatic N) is 5. The van der Waals surface area contributed by atoms with Crippen molar-refractivity contribution in [1.29, 1.82) is 5.41 Å². The Hall–Kier alpha value is -4.09. The fraction of sp³-hybridized carbons (Fsp3) is 0.269. The van der Waals surface area contributed by atoms with Gasteiger partial charge in [0.05, 0.1) is 11.3 Å². The maximum Gasteiger partial charge on any atom is 0.218 e. The number of nitrogens with one attached hydrogen (secondary N) is 1. The van der Waals surface area contributed by atoms with Crippen molar-refractivity contribution in [2.24, 2.45) is 17.8 Å². The average Bonchev–Trinajstić information content (AvgIpc) is 3.21. The van der Waals surface area contributed by atoms with Crippen LogP contribution in [0.2, 0.25) is 0 Å². The van der Waals surface area contributed by atoms with Crippen LogP contribution in [0.1, 0.15) is 37.1 Å². The number of rotatable bonds is 9. The monoisotopic (exact) mass is 455 g/mol. The summed E-state index contributed by atoms with van der Waals surface area (Å²) in [6.45, 7) is 4.88. The highest BCUT2D eigenvalue weighted by atomic mass is 16.5. The van der Waals surface area contributed by atoms with Crippen molar-refractivity contribution in [3.8, 4) is 34.9 Å². The predicted molar refractivity (Wildman–Crippen MR) is 136 cm³/mol. The van der Waals surface area contributed by atoms with Crippen LogP contribution < -0.4 is 10.5 Å². The summed E-state index contributed by atoms with van der Waals surface area (Å²) in [5.74, 6) is 7.63. The molecule has 2 aromatic heterocycles. The number of aromatic nitrogens is 4. The molecule has 0 radical (unpaired) electrons. The Labute approximate surface area is 200 Å². The first kappa shape index (κ1) is 24.6. The van der Waals surface area contributed by atoms with Crippen LogP contribution in [0.15, 0.2) is 53.8 Å². The molecule has 0 unspecified atom stereocenters. The van der Waals surface area contributed by atoms with Crippen molar-refractivity contribution < 1.29 is 4.74 Å². The van der Waals surface area contributed by atoms with Gasteiger partial charge in [0.25, 0.3) is 0 Å². The van der Waals surface area contributed by atoms with E-state index in [9.17, 15) is 0 Å². The normalized spacial score (nSPS) is 11.4. The largest absolute Gasteiger partial charge is 0.438 e. The fourth-order valence-electron chi connectivity index (χ4n) is 3.15. The lowest BCUT2D eigenvalue weighted by atomic mass is 10.1. The van der Waals surface area contributed by atoms with E-state index >= 15 is 0 Å². The second-order valence-electron chi connectivity index (χ2n) is 7.36. The minimum Gasteiger partial charge on any atom is -0.438 e. The third kappa shape index (κ3) is 6.24. The maximum absolute atomic E-state index is 7.64. The van der Waals surface area contributed by atoms with Crippen LogP contribution >= 0.6 is 0 Å². The molecule has 0 aliphatic rings. The number of aliphatic imine (C=N–C) groups is 1. The van der Waals surface area contributed by atoms with E-state index in [1.54, 1.807) is 30.2 Å². The van der Waals surface area contributed by atoms with Gasteiger partial charge in [-0.3, -0.25) is 4.99 Å². The summed E-state index contributed by atoms with van der Waals surface area (Å²) >= 11 is 0. The lowest BCUT2D eigenvalue weighted by molar-refractivity contribution is 0.432. The minimum atomic E-state index is 0.406. The molecule has 3 N–H and O–H groups in total. The zero-order valence-electron chi connectivity index (χ0n) is 19.7. The Bertz CT molecular complexity index is 1240. The smallest absolute Gasteiger partial charge is 0.218 e. The minimum absolute atomic E-state index is 0.406. The quantitative estimate of drug-likeness (QED) is 0.374. The summed E-state index contributed by atoms with van der Waals surface area (Å²) in [4.78, 5) is 13.5. The van der Waals surface area contributed by atoms with Gasteiger partial charge < -0.3 is 15.9 Å². The van der Waals surface area contributed by atoms with Gasteiger partial charge >= 0.3 is 0 Å². The topological polar surface area (TPSA) is 115 Å². The van der Waals surface area contributed by atoms with E-state index in [1.165, 1.54) is 6.21 Å². The molecule has 174 valence electrons. The molecule has 3 rings (SSSR count). The molecule has 2 heterocycles. The van der Waals surface area contributed by atoms with Gasteiger partial charge in [-0.1, -0.05) is 25.0 Å². The van der Waals surface area contributed by atoms with E-state index < -0.39 is 0 Å². The first-order chi connectivity index (χ1) is 16.6. The summed E-state index contributed by atoms with van der Waals surface area (Å²) in [5, 5.41) is 12.2. The van der Waals surface area contributed by atoms with Crippen LogP contribution in [0.5, 0.6) is 11.6 Å². The van der Waals surface area contributed by atoms with Gasteiger partial charge in [0, 0.05) is 38.1 Å². The maximum atomic E-state index is 7.64. The molecular formula is C26H29N7O. The zero-order valence-corrected chi connectivity index (χ0v) is 19.7. The number of hydrogen-bond donors (Lipinski definition) is 2. The third-order valence-electron chi connectivity index (χ3n) is 4.82. The Morgan fingerprint density at radius 2 is 2.03 bits per heavy atom. The van der Waals surface area contributed by atoms with Gasteiger partial charge in [-0.15, -0.1) is 5.92 Å². The van der Waals surface area contributed by atoms with Gasteiger partial charge in [-0.05, 0) is 49.2 Å². The molecule has 0 amide bonds. The van der Waals surface area contributed by atoms with Gasteiger partial charge in [0.2, 0.25) is 5.88 Å². The van der Waals surface area contributed by atoms with Crippen molar-refractivity contribution in [2.45, 2.75) is 26.7 Å². The second kappa shape index (κ2) is 12.2. The van der Waals surface area contributed by atoms with Gasteiger partial charge in [0.1, 0.15) is 18.0 Å². The average molecular weight is 456 g/mol. The second-order valence-corrected chi connectivity index (χ2v) is 7.36. The molecule has 1 aromatic carbocycles. The number of hydrogen-bond acceptors (Lipinski definition) is 7. The Morgan fingerprint density at radius 3 is 2.71 bits per heavy atom. The van der Waals surface area contributed by atoms with Gasteiger partial charge in [-0.2, -0.15) is 5.10 Å². The first-order valence-corrected chi connectivity index (χ1v) is 11.1. The van der Waals surface area contributed by atoms with Crippen LogP contribution in [0.4, 0.5) is 0 Å². The highest BCUT2D eigenvalue weighted by Crippen LogP contribution is 2.32. The van der Waals surface area contributed by atoms with Gasteiger partial charge in [-0.25, -0.2) is 14.6 Å². The zero-order chi connectivity index (χ0) is 24.3. The highest BCUT2D eigenvalue weighted by molar-refractivity contribution is 6.07. The lowest BCUT2D eigenvalue weighted by Gasteiger charge is -2.11. The van der Waals surface area contributed by atoms with Crippen molar-refractivity contribution in [1.82, 2.24) is 19.7 Å². The number of benzene rings is 1. The van der Waals surface area contributed by atoms with Crippen molar-refractivity contribution in [3.63, 3.8) is 0 Å². The first-order valence-electron chi connectivity index (χ1n) is 11.1. The van der Waals surface area contributed by atoms with Crippen molar-refractivity contribution >= 4 is 11.9 Å². The van der Waals surface area contributed by atoms with Gasteiger partial charge in [0.15, 0.2) is 5.82 Å². The van der Waals surface area contributed by atoms with Crippen LogP contribution in [0.3, 0.4) is 0 Å². The van der Waals surface area contributed by atoms with E-state index in [2.05, 4.69) is 31.9 Å².